The Morgan fingerprint density at radius 3 is 2.50 bits per heavy atom. The zero-order chi connectivity index (χ0) is 18.0. The van der Waals surface area contributed by atoms with Gasteiger partial charge in [0.25, 0.3) is 5.91 Å². The van der Waals surface area contributed by atoms with E-state index in [-0.39, 0.29) is 30.2 Å². The highest BCUT2D eigenvalue weighted by molar-refractivity contribution is 5.94. The van der Waals surface area contributed by atoms with Crippen LogP contribution in [0.2, 0.25) is 0 Å². The summed E-state index contributed by atoms with van der Waals surface area (Å²) in [7, 11) is 0. The van der Waals surface area contributed by atoms with Crippen LogP contribution < -0.4 is 11.1 Å². The summed E-state index contributed by atoms with van der Waals surface area (Å²) in [5, 5.41) is 5.99. The van der Waals surface area contributed by atoms with E-state index in [1.54, 1.807) is 0 Å². The molecule has 2 aromatic rings. The number of hydrogen-bond donors (Lipinski definition) is 2. The van der Waals surface area contributed by atoms with Gasteiger partial charge in [-0.05, 0) is 37.1 Å². The average Bonchev–Trinajstić information content (AvgIpc) is 3.24. The lowest BCUT2D eigenvalue weighted by atomic mass is 10.1. The lowest BCUT2D eigenvalue weighted by Gasteiger charge is -2.12. The molecule has 7 nitrogen and oxygen atoms in total. The highest BCUT2D eigenvalue weighted by Crippen LogP contribution is 2.29. The Labute approximate surface area is 152 Å². The molecule has 142 valence electrons. The molecule has 1 fully saturated rings. The average molecular weight is 393 g/mol. The number of nitrogens with zero attached hydrogens (tertiary/aromatic N) is 2. The highest BCUT2D eigenvalue weighted by atomic mass is 35.5. The fraction of sp³-hybridized carbons (Fsp3) is 0.400. The third-order valence-corrected chi connectivity index (χ3v) is 3.74. The van der Waals surface area contributed by atoms with Crippen molar-refractivity contribution in [2.75, 3.05) is 11.9 Å². The Morgan fingerprint density at radius 2 is 1.96 bits per heavy atom. The van der Waals surface area contributed by atoms with E-state index >= 15 is 0 Å². The van der Waals surface area contributed by atoms with E-state index in [4.69, 9.17) is 10.5 Å². The Balaban J connectivity index is 0.00000243. The molecular formula is C15H16ClF3N4O3. The molecule has 11 heteroatoms. The molecule has 0 aliphatic carbocycles. The molecule has 0 bridgehead atoms. The molecule has 0 spiro atoms. The first-order valence-corrected chi connectivity index (χ1v) is 7.54. The van der Waals surface area contributed by atoms with Crippen molar-refractivity contribution < 1.29 is 27.2 Å². The van der Waals surface area contributed by atoms with Crippen molar-refractivity contribution in [1.82, 2.24) is 10.1 Å². The van der Waals surface area contributed by atoms with E-state index in [0.29, 0.717) is 24.2 Å². The second-order valence-corrected chi connectivity index (χ2v) is 5.55. The van der Waals surface area contributed by atoms with Gasteiger partial charge in [-0.15, -0.1) is 12.4 Å². The zero-order valence-electron chi connectivity index (χ0n) is 13.3. The number of anilines is 1. The molecule has 0 unspecified atom stereocenters. The van der Waals surface area contributed by atoms with E-state index < -0.39 is 18.2 Å². The minimum absolute atomic E-state index is 0. The van der Waals surface area contributed by atoms with Crippen LogP contribution in [-0.4, -0.2) is 34.8 Å². The smallest absolute Gasteiger partial charge is 0.364 e. The number of ether oxygens (including phenoxy) is 1. The maximum absolute atomic E-state index is 12.5. The molecule has 3 rings (SSSR count). The molecule has 0 radical (unpaired) electrons. The van der Waals surface area contributed by atoms with E-state index in [0.717, 1.165) is 6.42 Å². The second kappa shape index (κ2) is 8.02. The van der Waals surface area contributed by atoms with Gasteiger partial charge >= 0.3 is 12.1 Å². The summed E-state index contributed by atoms with van der Waals surface area (Å²) >= 11 is 0. The Kier molecular flexibility index (Phi) is 6.21. The number of aromatic nitrogens is 2. The largest absolute Gasteiger partial charge is 0.471 e. The van der Waals surface area contributed by atoms with Crippen molar-refractivity contribution >= 4 is 24.0 Å². The fourth-order valence-electron chi connectivity index (χ4n) is 2.45. The van der Waals surface area contributed by atoms with Gasteiger partial charge in [0.2, 0.25) is 5.82 Å². The van der Waals surface area contributed by atoms with Gasteiger partial charge in [0.05, 0.1) is 6.10 Å². The summed E-state index contributed by atoms with van der Waals surface area (Å²) in [5.41, 5.74) is 6.31. The van der Waals surface area contributed by atoms with E-state index in [1.807, 2.05) is 0 Å². The zero-order valence-corrected chi connectivity index (χ0v) is 14.1. The van der Waals surface area contributed by atoms with Gasteiger partial charge in [0.1, 0.15) is 6.10 Å². The maximum atomic E-state index is 12.5. The molecule has 1 aromatic heterocycles. The van der Waals surface area contributed by atoms with Gasteiger partial charge in [0, 0.05) is 17.8 Å². The molecule has 1 aliphatic rings. The number of rotatable bonds is 4. The summed E-state index contributed by atoms with van der Waals surface area (Å²) in [6.07, 6.45) is -4.04. The van der Waals surface area contributed by atoms with Crippen LogP contribution >= 0.6 is 12.4 Å². The van der Waals surface area contributed by atoms with E-state index in [2.05, 4.69) is 20.0 Å². The Morgan fingerprint density at radius 1 is 1.27 bits per heavy atom. The molecule has 1 aliphatic heterocycles. The van der Waals surface area contributed by atoms with Gasteiger partial charge < -0.3 is 20.3 Å². The Hall–Kier alpha value is -2.17. The van der Waals surface area contributed by atoms with Crippen LogP contribution in [0, 0.1) is 0 Å². The number of benzene rings is 1. The number of nitrogens with two attached hydrogens (primary N) is 1. The van der Waals surface area contributed by atoms with Crippen LogP contribution in [0.5, 0.6) is 0 Å². The lowest BCUT2D eigenvalue weighted by molar-refractivity contribution is -0.159. The number of carbonyl (C=O) groups excluding carboxylic acids is 1. The van der Waals surface area contributed by atoms with Gasteiger partial charge in [0.15, 0.2) is 0 Å². The van der Waals surface area contributed by atoms with E-state index in [1.165, 1.54) is 24.3 Å². The molecule has 26 heavy (non-hydrogen) atoms. The maximum Gasteiger partial charge on any atom is 0.471 e. The quantitative estimate of drug-likeness (QED) is 0.829. The normalized spacial score (nSPS) is 19.8. The van der Waals surface area contributed by atoms with Crippen LogP contribution in [0.3, 0.4) is 0 Å². The van der Waals surface area contributed by atoms with Crippen LogP contribution in [0.4, 0.5) is 18.9 Å². The molecule has 2 atom stereocenters. The number of nitrogens with one attached hydrogen (secondary N) is 1. The number of carbonyl (C=O) groups is 1. The minimum atomic E-state index is -4.69. The van der Waals surface area contributed by atoms with E-state index in [9.17, 15) is 18.0 Å². The number of amides is 1. The van der Waals surface area contributed by atoms with Crippen molar-refractivity contribution in [2.45, 2.75) is 31.2 Å². The predicted octanol–water partition coefficient (Wildman–Crippen LogP) is 2.62. The van der Waals surface area contributed by atoms with Gasteiger partial charge in [-0.25, -0.2) is 0 Å². The monoisotopic (exact) mass is 392 g/mol. The summed E-state index contributed by atoms with van der Waals surface area (Å²) < 4.78 is 47.1. The standard InChI is InChI=1S/C15H15F3N4O3.ClH/c16-15(17,18)14-21-12(22-25-14)8-1-3-9(4-2-8)20-13(23)11-6-5-10(7-19)24-11;/h1-4,10-11H,5-7,19H2,(H,20,23);1H/t10-,11+;/m1./s1. The van der Waals surface area contributed by atoms with Crippen molar-refractivity contribution in [2.24, 2.45) is 5.73 Å². The fourth-order valence-corrected chi connectivity index (χ4v) is 2.45. The first-order valence-electron chi connectivity index (χ1n) is 7.54. The Bertz CT molecular complexity index is 751. The minimum Gasteiger partial charge on any atom is -0.364 e. The van der Waals surface area contributed by atoms with Crippen LogP contribution in [0.25, 0.3) is 11.4 Å². The summed E-state index contributed by atoms with van der Waals surface area (Å²) in [4.78, 5) is 15.4. The number of alkyl halides is 3. The first-order chi connectivity index (χ1) is 11.9. The van der Waals surface area contributed by atoms with Gasteiger partial charge in [-0.1, -0.05) is 5.16 Å². The molecule has 1 aromatic carbocycles. The molecule has 1 saturated heterocycles. The van der Waals surface area contributed by atoms with Crippen molar-refractivity contribution in [3.05, 3.63) is 30.2 Å². The third-order valence-electron chi connectivity index (χ3n) is 3.74. The second-order valence-electron chi connectivity index (χ2n) is 5.55. The number of halogens is 4. The third kappa shape index (κ3) is 4.51. The topological polar surface area (TPSA) is 103 Å². The van der Waals surface area contributed by atoms with Crippen molar-refractivity contribution in [3.8, 4) is 11.4 Å². The molecule has 3 N–H and O–H groups in total. The van der Waals surface area contributed by atoms with Crippen LogP contribution in [-0.2, 0) is 15.7 Å². The summed E-state index contributed by atoms with van der Waals surface area (Å²) in [6, 6.07) is 6.04. The van der Waals surface area contributed by atoms with Gasteiger partial charge in [-0.3, -0.25) is 4.79 Å². The first kappa shape index (κ1) is 20.1. The SMILES string of the molecule is Cl.NC[C@H]1CC[C@@H](C(=O)Nc2ccc(-c3noc(C(F)(F)F)n3)cc2)O1. The van der Waals surface area contributed by atoms with Crippen LogP contribution in [0.1, 0.15) is 18.7 Å². The number of hydrogen-bond acceptors (Lipinski definition) is 6. The lowest BCUT2D eigenvalue weighted by Crippen LogP contribution is -2.29. The van der Waals surface area contributed by atoms with Gasteiger partial charge in [-0.2, -0.15) is 18.2 Å². The highest BCUT2D eigenvalue weighted by Gasteiger charge is 2.38. The predicted molar refractivity (Wildman–Crippen MR) is 87.6 cm³/mol. The van der Waals surface area contributed by atoms with Crippen molar-refractivity contribution in [1.29, 1.82) is 0 Å². The molecular weight excluding hydrogens is 377 g/mol. The summed E-state index contributed by atoms with van der Waals surface area (Å²) in [6.45, 7) is 0.364. The summed E-state index contributed by atoms with van der Waals surface area (Å²) in [5.74, 6) is -1.88. The van der Waals surface area contributed by atoms with Crippen LogP contribution in [0.15, 0.2) is 28.8 Å². The van der Waals surface area contributed by atoms with Crippen molar-refractivity contribution in [3.63, 3.8) is 0 Å². The molecule has 1 amide bonds. The molecule has 2 heterocycles. The molecule has 0 saturated carbocycles.